The fourth-order valence-electron chi connectivity index (χ4n) is 3.78. The summed E-state index contributed by atoms with van der Waals surface area (Å²) in [7, 11) is 1.00. The lowest BCUT2D eigenvalue weighted by molar-refractivity contribution is 0.101. The number of Topliss-reactive ketones (excluding diaryl/α,β-unsaturated/α-hetero) is 1. The van der Waals surface area contributed by atoms with Gasteiger partial charge in [-0.3, -0.25) is 4.79 Å². The van der Waals surface area contributed by atoms with Crippen LogP contribution in [-0.2, 0) is 0 Å². The molecule has 3 rings (SSSR count). The highest BCUT2D eigenvalue weighted by molar-refractivity contribution is 5.94. The molecule has 1 atom stereocenters. The summed E-state index contributed by atoms with van der Waals surface area (Å²) in [5, 5.41) is 7.00. The SMILES string of the molecule is C=C(C)C(CC)C(=C)CC.CC(=O)c1ccc(-c2ccc(C)cc2)cc1.CCCCC.CO.Cc1ccccc1F. The first-order chi connectivity index (χ1) is 19.5. The lowest BCUT2D eigenvalue weighted by Gasteiger charge is -2.15. The quantitative estimate of drug-likeness (QED) is 0.219. The van der Waals surface area contributed by atoms with Gasteiger partial charge in [0, 0.05) is 12.7 Å². The summed E-state index contributed by atoms with van der Waals surface area (Å²) in [5.41, 5.74) is 7.60. The van der Waals surface area contributed by atoms with Crippen molar-refractivity contribution in [2.45, 2.75) is 87.5 Å². The van der Waals surface area contributed by atoms with Crippen molar-refractivity contribution < 1.29 is 14.3 Å². The second kappa shape index (κ2) is 24.5. The van der Waals surface area contributed by atoms with Gasteiger partial charge in [-0.15, -0.1) is 0 Å². The van der Waals surface area contributed by atoms with Crippen LogP contribution in [0.15, 0.2) is 97.1 Å². The Kier molecular flexibility index (Phi) is 23.8. The number of allylic oxidation sites excluding steroid dienone is 2. The van der Waals surface area contributed by atoms with Crippen molar-refractivity contribution in [3.05, 3.63) is 120 Å². The van der Waals surface area contributed by atoms with Crippen molar-refractivity contribution in [2.24, 2.45) is 5.92 Å². The van der Waals surface area contributed by atoms with E-state index in [0.29, 0.717) is 11.5 Å². The van der Waals surface area contributed by atoms with Gasteiger partial charge in [0.2, 0.25) is 0 Å². The van der Waals surface area contributed by atoms with Gasteiger partial charge < -0.3 is 5.11 Å². The van der Waals surface area contributed by atoms with Crippen LogP contribution in [0.4, 0.5) is 4.39 Å². The Bertz CT molecular complexity index is 1090. The van der Waals surface area contributed by atoms with E-state index in [1.54, 1.807) is 26.0 Å². The third-order valence-electron chi connectivity index (χ3n) is 6.41. The zero-order valence-corrected chi connectivity index (χ0v) is 27.2. The van der Waals surface area contributed by atoms with E-state index >= 15 is 0 Å². The van der Waals surface area contributed by atoms with Crippen molar-refractivity contribution >= 4 is 5.78 Å². The lowest BCUT2D eigenvalue weighted by atomic mass is 9.90. The van der Waals surface area contributed by atoms with E-state index in [0.717, 1.165) is 31.1 Å². The van der Waals surface area contributed by atoms with E-state index in [1.165, 1.54) is 47.6 Å². The molecule has 0 fully saturated rings. The van der Waals surface area contributed by atoms with Crippen LogP contribution >= 0.6 is 0 Å². The minimum absolute atomic E-state index is 0.107. The summed E-state index contributed by atoms with van der Waals surface area (Å²) in [4.78, 5) is 11.1. The molecule has 0 saturated carbocycles. The molecule has 1 unspecified atom stereocenters. The highest BCUT2D eigenvalue weighted by Crippen LogP contribution is 2.23. The van der Waals surface area contributed by atoms with Crippen LogP contribution in [0.5, 0.6) is 0 Å². The van der Waals surface area contributed by atoms with Gasteiger partial charge in [-0.25, -0.2) is 4.39 Å². The number of ketones is 1. The van der Waals surface area contributed by atoms with Crippen molar-refractivity contribution in [1.82, 2.24) is 0 Å². The molecule has 41 heavy (non-hydrogen) atoms. The van der Waals surface area contributed by atoms with E-state index < -0.39 is 0 Å². The van der Waals surface area contributed by atoms with Gasteiger partial charge in [0.05, 0.1) is 0 Å². The van der Waals surface area contributed by atoms with Gasteiger partial charge in [0.25, 0.3) is 0 Å². The largest absolute Gasteiger partial charge is 0.400 e. The monoisotopic (exact) mass is 562 g/mol. The Labute approximate surface area is 251 Å². The molecule has 1 N–H and O–H groups in total. The van der Waals surface area contributed by atoms with Crippen LogP contribution in [-0.4, -0.2) is 18.0 Å². The summed E-state index contributed by atoms with van der Waals surface area (Å²) in [6, 6.07) is 22.8. The summed E-state index contributed by atoms with van der Waals surface area (Å²) in [5.74, 6) is 0.521. The number of carbonyl (C=O) groups excluding carboxylic acids is 1. The van der Waals surface area contributed by atoms with Crippen LogP contribution < -0.4 is 0 Å². The van der Waals surface area contributed by atoms with Gasteiger partial charge in [0.15, 0.2) is 5.78 Å². The number of hydrogen-bond acceptors (Lipinski definition) is 2. The molecule has 0 aliphatic heterocycles. The number of aryl methyl sites for hydroxylation is 2. The number of carbonyl (C=O) groups is 1. The van der Waals surface area contributed by atoms with Crippen LogP contribution in [0.2, 0.25) is 0 Å². The molecule has 0 radical (unpaired) electrons. The number of halogens is 1. The maximum Gasteiger partial charge on any atom is 0.159 e. The molecule has 3 heteroatoms. The molecule has 3 aromatic carbocycles. The topological polar surface area (TPSA) is 37.3 Å². The molecule has 0 heterocycles. The third-order valence-corrected chi connectivity index (χ3v) is 6.41. The Morgan fingerprint density at radius 3 is 1.51 bits per heavy atom. The predicted octanol–water partition coefficient (Wildman–Crippen LogP) is 11.4. The number of aliphatic hydroxyl groups is 1. The second-order valence-corrected chi connectivity index (χ2v) is 9.92. The minimum atomic E-state index is -0.132. The number of aliphatic hydroxyl groups excluding tert-OH is 1. The zero-order valence-electron chi connectivity index (χ0n) is 27.2. The fraction of sp³-hybridized carbons (Fsp3) is 0.395. The Morgan fingerprint density at radius 2 is 1.24 bits per heavy atom. The molecule has 2 nitrogen and oxygen atoms in total. The van der Waals surface area contributed by atoms with Crippen molar-refractivity contribution in [2.75, 3.05) is 7.11 Å². The predicted molar refractivity (Wildman–Crippen MR) is 179 cm³/mol. The first-order valence-electron chi connectivity index (χ1n) is 14.7. The van der Waals surface area contributed by atoms with Gasteiger partial charge in [0.1, 0.15) is 5.82 Å². The normalized spacial score (nSPS) is 10.0. The van der Waals surface area contributed by atoms with Crippen LogP contribution in [0, 0.1) is 25.6 Å². The molecule has 0 aliphatic rings. The van der Waals surface area contributed by atoms with Crippen molar-refractivity contribution in [3.63, 3.8) is 0 Å². The maximum absolute atomic E-state index is 12.3. The molecule has 0 bridgehead atoms. The Balaban J connectivity index is 0. The van der Waals surface area contributed by atoms with E-state index in [1.807, 2.05) is 30.3 Å². The van der Waals surface area contributed by atoms with Crippen LogP contribution in [0.25, 0.3) is 11.1 Å². The molecule has 226 valence electrons. The Morgan fingerprint density at radius 1 is 0.780 bits per heavy atom. The average Bonchev–Trinajstić information content (AvgIpc) is 2.97. The fourth-order valence-corrected chi connectivity index (χ4v) is 3.78. The smallest absolute Gasteiger partial charge is 0.159 e. The number of rotatable bonds is 8. The van der Waals surface area contributed by atoms with Gasteiger partial charge in [-0.05, 0) is 69.2 Å². The third kappa shape index (κ3) is 17.9. The minimum Gasteiger partial charge on any atom is -0.400 e. The molecule has 0 saturated heterocycles. The summed E-state index contributed by atoms with van der Waals surface area (Å²) < 4.78 is 12.3. The zero-order chi connectivity index (χ0) is 31.8. The number of hydrogen-bond donors (Lipinski definition) is 1. The van der Waals surface area contributed by atoms with Crippen LogP contribution in [0.3, 0.4) is 0 Å². The summed E-state index contributed by atoms with van der Waals surface area (Å²) in [6.45, 7) is 24.2. The van der Waals surface area contributed by atoms with Crippen molar-refractivity contribution in [3.8, 4) is 11.1 Å². The van der Waals surface area contributed by atoms with Gasteiger partial charge in [-0.1, -0.05) is 144 Å². The first-order valence-corrected chi connectivity index (χ1v) is 14.7. The molecule has 3 aromatic rings. The summed E-state index contributed by atoms with van der Waals surface area (Å²) in [6.07, 6.45) is 6.29. The number of benzene rings is 3. The molecular weight excluding hydrogens is 507 g/mol. The molecule has 0 spiro atoms. The average molecular weight is 563 g/mol. The molecule has 0 amide bonds. The molecular formula is C38H55FO2. The lowest BCUT2D eigenvalue weighted by Crippen LogP contribution is -2.01. The van der Waals surface area contributed by atoms with E-state index in [-0.39, 0.29) is 11.6 Å². The first kappa shape index (κ1) is 39.8. The molecule has 0 aromatic heterocycles. The standard InChI is InChI=1S/C15H14O.C10H18.C7H7F.C5H12.CH4O/c1-11-3-5-14(6-4-11)15-9-7-13(8-10-15)12(2)16;1-6-9(5)10(7-2)8(3)4;1-6-4-2-3-5-7(6)8;1-3-5-4-2;1-2/h3-10H,1-2H3;10H,3,5-7H2,1-2,4H3;2-5H,1H3;3-5H2,1-2H3;2H,1H3. The van der Waals surface area contributed by atoms with E-state index in [4.69, 9.17) is 5.11 Å². The van der Waals surface area contributed by atoms with Crippen LogP contribution in [0.1, 0.15) is 95.1 Å². The maximum atomic E-state index is 12.3. The Hall–Kier alpha value is -3.30. The highest BCUT2D eigenvalue weighted by Gasteiger charge is 2.08. The van der Waals surface area contributed by atoms with Gasteiger partial charge >= 0.3 is 0 Å². The molecule has 0 aliphatic carbocycles. The highest BCUT2D eigenvalue weighted by atomic mass is 19.1. The van der Waals surface area contributed by atoms with Crippen molar-refractivity contribution in [1.29, 1.82) is 0 Å². The number of unbranched alkanes of at least 4 members (excludes halogenated alkanes) is 2. The van der Waals surface area contributed by atoms with Gasteiger partial charge in [-0.2, -0.15) is 0 Å². The second-order valence-electron chi connectivity index (χ2n) is 9.92. The summed E-state index contributed by atoms with van der Waals surface area (Å²) >= 11 is 0. The van der Waals surface area contributed by atoms with E-state index in [2.05, 4.69) is 79.0 Å². The van der Waals surface area contributed by atoms with E-state index in [9.17, 15) is 9.18 Å².